The Labute approximate surface area is 80.8 Å². The topological polar surface area (TPSA) is 33.1 Å². The molecule has 0 amide bonds. The number of rotatable bonds is 2. The fourth-order valence-corrected chi connectivity index (χ4v) is 1.29. The number of pyridine rings is 1. The van der Waals surface area contributed by atoms with Crippen molar-refractivity contribution in [2.45, 2.75) is 20.0 Å². The van der Waals surface area contributed by atoms with E-state index in [9.17, 15) is 5.11 Å². The smallest absolute Gasteiger partial charge is 0.106 e. The number of halogens is 1. The second-order valence-electron chi connectivity index (χ2n) is 3.07. The molecule has 1 atom stereocenters. The first-order chi connectivity index (χ1) is 5.61. The first kappa shape index (κ1) is 9.68. The second kappa shape index (κ2) is 4.01. The molecule has 0 saturated carbocycles. The average Bonchev–Trinajstić information content (AvgIpc) is 2.03. The van der Waals surface area contributed by atoms with Crippen molar-refractivity contribution in [3.8, 4) is 0 Å². The number of aromatic nitrogens is 1. The quantitative estimate of drug-likeness (QED) is 0.792. The Balaban J connectivity index is 2.88. The zero-order valence-corrected chi connectivity index (χ0v) is 8.75. The summed E-state index contributed by atoms with van der Waals surface area (Å²) >= 11 is 3.26. The van der Waals surface area contributed by atoms with E-state index in [1.165, 1.54) is 0 Å². The van der Waals surface area contributed by atoms with Crippen LogP contribution in [-0.2, 0) is 0 Å². The molecule has 0 aliphatic heterocycles. The van der Waals surface area contributed by atoms with Crippen molar-refractivity contribution < 1.29 is 5.11 Å². The van der Waals surface area contributed by atoms with Gasteiger partial charge in [0.15, 0.2) is 0 Å². The van der Waals surface area contributed by atoms with Crippen molar-refractivity contribution in [1.29, 1.82) is 0 Å². The maximum atomic E-state index is 9.64. The van der Waals surface area contributed by atoms with Crippen LogP contribution in [0.25, 0.3) is 0 Å². The first-order valence-electron chi connectivity index (χ1n) is 3.92. The number of hydrogen-bond donors (Lipinski definition) is 1. The van der Waals surface area contributed by atoms with Crippen LogP contribution in [0.2, 0.25) is 0 Å². The minimum Gasteiger partial charge on any atom is -0.387 e. The van der Waals surface area contributed by atoms with E-state index in [2.05, 4.69) is 20.9 Å². The third-order valence-corrected chi connectivity index (χ3v) is 2.11. The van der Waals surface area contributed by atoms with Gasteiger partial charge in [-0.2, -0.15) is 0 Å². The summed E-state index contributed by atoms with van der Waals surface area (Å²) in [5.41, 5.74) is 0.722. The van der Waals surface area contributed by atoms with Crippen LogP contribution in [0.15, 0.2) is 22.8 Å². The van der Waals surface area contributed by atoms with Crippen molar-refractivity contribution >= 4 is 15.9 Å². The molecule has 2 nitrogen and oxygen atoms in total. The lowest BCUT2D eigenvalue weighted by Gasteiger charge is -2.13. The molecule has 0 fully saturated rings. The van der Waals surface area contributed by atoms with Crippen LogP contribution in [0.3, 0.4) is 0 Å². The maximum absolute atomic E-state index is 9.64. The number of aliphatic hydroxyl groups is 1. The zero-order valence-electron chi connectivity index (χ0n) is 7.16. The Morgan fingerprint density at radius 1 is 1.42 bits per heavy atom. The average molecular weight is 230 g/mol. The summed E-state index contributed by atoms with van der Waals surface area (Å²) in [5, 5.41) is 9.64. The minimum absolute atomic E-state index is 0.201. The first-order valence-corrected chi connectivity index (χ1v) is 4.71. The SMILES string of the molecule is CC(C)[C@@H](O)c1cccc(Br)n1. The van der Waals surface area contributed by atoms with E-state index >= 15 is 0 Å². The van der Waals surface area contributed by atoms with Gasteiger partial charge in [0.2, 0.25) is 0 Å². The number of nitrogens with zero attached hydrogens (tertiary/aromatic N) is 1. The molecule has 66 valence electrons. The molecular formula is C9H12BrNO. The van der Waals surface area contributed by atoms with Gasteiger partial charge < -0.3 is 5.11 Å². The van der Waals surface area contributed by atoms with E-state index in [-0.39, 0.29) is 5.92 Å². The van der Waals surface area contributed by atoms with Crippen molar-refractivity contribution in [2.75, 3.05) is 0 Å². The van der Waals surface area contributed by atoms with Crippen LogP contribution < -0.4 is 0 Å². The van der Waals surface area contributed by atoms with Gasteiger partial charge in [-0.15, -0.1) is 0 Å². The molecular weight excluding hydrogens is 218 g/mol. The van der Waals surface area contributed by atoms with Gasteiger partial charge in [-0.1, -0.05) is 19.9 Å². The van der Waals surface area contributed by atoms with Crippen LogP contribution in [0.4, 0.5) is 0 Å². The highest BCUT2D eigenvalue weighted by Gasteiger charge is 2.12. The lowest BCUT2D eigenvalue weighted by Crippen LogP contribution is -2.07. The monoisotopic (exact) mass is 229 g/mol. The molecule has 1 N–H and O–H groups in total. The van der Waals surface area contributed by atoms with E-state index in [1.54, 1.807) is 0 Å². The molecule has 0 saturated heterocycles. The Morgan fingerprint density at radius 3 is 2.58 bits per heavy atom. The molecule has 1 rings (SSSR count). The highest BCUT2D eigenvalue weighted by Crippen LogP contribution is 2.20. The molecule has 0 aliphatic rings. The summed E-state index contributed by atoms with van der Waals surface area (Å²) in [6, 6.07) is 5.55. The number of hydrogen-bond acceptors (Lipinski definition) is 2. The van der Waals surface area contributed by atoms with Crippen molar-refractivity contribution in [3.63, 3.8) is 0 Å². The van der Waals surface area contributed by atoms with Gasteiger partial charge in [0.25, 0.3) is 0 Å². The minimum atomic E-state index is -0.470. The molecule has 0 radical (unpaired) electrons. The Morgan fingerprint density at radius 2 is 2.08 bits per heavy atom. The van der Waals surface area contributed by atoms with E-state index < -0.39 is 6.10 Å². The molecule has 3 heteroatoms. The predicted octanol–water partition coefficient (Wildman–Crippen LogP) is 2.53. The summed E-state index contributed by atoms with van der Waals surface area (Å²) in [6.07, 6.45) is -0.470. The Bertz CT molecular complexity index is 262. The van der Waals surface area contributed by atoms with Gasteiger partial charge in [-0.05, 0) is 34.0 Å². The summed E-state index contributed by atoms with van der Waals surface area (Å²) < 4.78 is 0.764. The normalized spacial score (nSPS) is 13.4. The maximum Gasteiger partial charge on any atom is 0.106 e. The fraction of sp³-hybridized carbons (Fsp3) is 0.444. The molecule has 0 aliphatic carbocycles. The van der Waals surface area contributed by atoms with Gasteiger partial charge in [-0.25, -0.2) is 4.98 Å². The molecule has 0 spiro atoms. The lowest BCUT2D eigenvalue weighted by molar-refractivity contribution is 0.122. The van der Waals surface area contributed by atoms with Crippen molar-refractivity contribution in [1.82, 2.24) is 4.98 Å². The van der Waals surface area contributed by atoms with E-state index in [0.29, 0.717) is 0 Å². The highest BCUT2D eigenvalue weighted by molar-refractivity contribution is 9.10. The molecule has 12 heavy (non-hydrogen) atoms. The van der Waals surface area contributed by atoms with Crippen LogP contribution in [0.1, 0.15) is 25.6 Å². The molecule has 1 aromatic rings. The van der Waals surface area contributed by atoms with E-state index in [1.807, 2.05) is 32.0 Å². The fourth-order valence-electron chi connectivity index (χ4n) is 0.930. The van der Waals surface area contributed by atoms with Gasteiger partial charge in [-0.3, -0.25) is 0 Å². The lowest BCUT2D eigenvalue weighted by atomic mass is 10.0. The predicted molar refractivity (Wildman–Crippen MR) is 51.7 cm³/mol. The molecule has 1 aromatic heterocycles. The van der Waals surface area contributed by atoms with Crippen LogP contribution in [-0.4, -0.2) is 10.1 Å². The summed E-state index contributed by atoms with van der Waals surface area (Å²) in [6.45, 7) is 3.93. The van der Waals surface area contributed by atoms with Gasteiger partial charge in [0, 0.05) is 0 Å². The largest absolute Gasteiger partial charge is 0.387 e. The molecule has 0 bridgehead atoms. The van der Waals surface area contributed by atoms with Crippen LogP contribution in [0.5, 0.6) is 0 Å². The Kier molecular flexibility index (Phi) is 3.23. The second-order valence-corrected chi connectivity index (χ2v) is 3.89. The van der Waals surface area contributed by atoms with Crippen molar-refractivity contribution in [3.05, 3.63) is 28.5 Å². The number of aliphatic hydroxyl groups excluding tert-OH is 1. The summed E-state index contributed by atoms with van der Waals surface area (Å²) in [7, 11) is 0. The molecule has 0 unspecified atom stereocenters. The van der Waals surface area contributed by atoms with Gasteiger partial charge >= 0.3 is 0 Å². The van der Waals surface area contributed by atoms with Crippen molar-refractivity contribution in [2.24, 2.45) is 5.92 Å². The van der Waals surface area contributed by atoms with Gasteiger partial charge in [0.05, 0.1) is 11.8 Å². The summed E-state index contributed by atoms with van der Waals surface area (Å²) in [4.78, 5) is 4.16. The summed E-state index contributed by atoms with van der Waals surface area (Å²) in [5.74, 6) is 0.201. The third kappa shape index (κ3) is 2.29. The zero-order chi connectivity index (χ0) is 9.14. The van der Waals surface area contributed by atoms with E-state index in [0.717, 1.165) is 10.3 Å². The van der Waals surface area contributed by atoms with Crippen LogP contribution in [0, 0.1) is 5.92 Å². The van der Waals surface area contributed by atoms with Gasteiger partial charge in [0.1, 0.15) is 4.60 Å². The Hall–Kier alpha value is -0.410. The third-order valence-electron chi connectivity index (χ3n) is 1.67. The molecule has 1 heterocycles. The standard InChI is InChI=1S/C9H12BrNO/c1-6(2)9(12)7-4-3-5-8(10)11-7/h3-6,9,12H,1-2H3/t9-/m1/s1. The van der Waals surface area contributed by atoms with Crippen LogP contribution >= 0.6 is 15.9 Å². The van der Waals surface area contributed by atoms with E-state index in [4.69, 9.17) is 0 Å². The molecule has 0 aromatic carbocycles. The highest BCUT2D eigenvalue weighted by atomic mass is 79.9.